The highest BCUT2D eigenvalue weighted by molar-refractivity contribution is 7.92. The van der Waals surface area contributed by atoms with E-state index in [1.54, 1.807) is 19.1 Å². The molecular weight excluding hydrogens is 565 g/mol. The number of nitrogens with zero attached hydrogens (tertiary/aromatic N) is 1. The smallest absolute Gasteiger partial charge is 0.264 e. The summed E-state index contributed by atoms with van der Waals surface area (Å²) >= 11 is 0. The fourth-order valence-electron chi connectivity index (χ4n) is 5.23. The molecule has 42 heavy (non-hydrogen) atoms. The molecular formula is C30H32FN3O7S. The van der Waals surface area contributed by atoms with Gasteiger partial charge in [-0.15, -0.1) is 0 Å². The molecule has 1 fully saturated rings. The third-order valence-corrected chi connectivity index (χ3v) is 8.84. The summed E-state index contributed by atoms with van der Waals surface area (Å²) in [7, 11) is -0.974. The minimum atomic E-state index is -4.23. The number of sulfonamides is 1. The van der Waals surface area contributed by atoms with Gasteiger partial charge in [0, 0.05) is 19.3 Å². The van der Waals surface area contributed by atoms with Crippen LogP contribution in [-0.4, -0.2) is 64.1 Å². The second-order valence-corrected chi connectivity index (χ2v) is 11.9. The fraction of sp³-hybridized carbons (Fsp3) is 0.333. The molecule has 0 aliphatic carbocycles. The van der Waals surface area contributed by atoms with Crippen LogP contribution in [0.1, 0.15) is 35.2 Å². The van der Waals surface area contributed by atoms with Crippen molar-refractivity contribution in [3.05, 3.63) is 83.7 Å². The molecule has 0 spiro atoms. The first kappa shape index (κ1) is 29.3. The molecule has 3 aromatic carbocycles. The number of rotatable bonds is 8. The highest BCUT2D eigenvalue weighted by Crippen LogP contribution is 2.33. The number of anilines is 1. The lowest BCUT2D eigenvalue weighted by molar-refractivity contribution is -0.134. The highest BCUT2D eigenvalue weighted by Gasteiger charge is 2.39. The average Bonchev–Trinajstić information content (AvgIpc) is 2.98. The quantitative estimate of drug-likeness (QED) is 0.406. The van der Waals surface area contributed by atoms with Crippen molar-refractivity contribution >= 4 is 27.5 Å². The molecule has 0 radical (unpaired) electrons. The van der Waals surface area contributed by atoms with Crippen LogP contribution in [0.3, 0.4) is 0 Å². The highest BCUT2D eigenvalue weighted by atomic mass is 32.2. The summed E-state index contributed by atoms with van der Waals surface area (Å²) in [6, 6.07) is 16.5. The second-order valence-electron chi connectivity index (χ2n) is 10.2. The Kier molecular flexibility index (Phi) is 8.64. The molecule has 2 N–H and O–H groups in total. The van der Waals surface area contributed by atoms with Gasteiger partial charge in [0.1, 0.15) is 34.9 Å². The number of benzene rings is 3. The zero-order valence-electron chi connectivity index (χ0n) is 23.2. The van der Waals surface area contributed by atoms with Gasteiger partial charge in [-0.25, -0.2) is 12.8 Å². The Hall–Kier alpha value is -4.16. The van der Waals surface area contributed by atoms with Crippen LogP contribution < -0.4 is 19.5 Å². The summed E-state index contributed by atoms with van der Waals surface area (Å²) in [5.41, 5.74) is 1.19. The van der Waals surface area contributed by atoms with Crippen molar-refractivity contribution in [1.29, 1.82) is 0 Å². The molecule has 0 unspecified atom stereocenters. The number of carbonyl (C=O) groups is 2. The van der Waals surface area contributed by atoms with Gasteiger partial charge in [-0.05, 0) is 60.9 Å². The van der Waals surface area contributed by atoms with E-state index in [1.807, 2.05) is 24.3 Å². The third kappa shape index (κ3) is 6.50. The van der Waals surface area contributed by atoms with Gasteiger partial charge in [0.2, 0.25) is 5.91 Å². The zero-order valence-corrected chi connectivity index (χ0v) is 24.0. The first-order chi connectivity index (χ1) is 20.1. The maximum absolute atomic E-state index is 14.1. The van der Waals surface area contributed by atoms with E-state index < -0.39 is 26.8 Å². The van der Waals surface area contributed by atoms with Crippen LogP contribution in [0, 0.1) is 5.82 Å². The maximum Gasteiger partial charge on any atom is 0.264 e. The summed E-state index contributed by atoms with van der Waals surface area (Å²) in [6.07, 6.45) is 0.543. The number of nitrogens with one attached hydrogen (secondary N) is 2. The largest absolute Gasteiger partial charge is 0.497 e. The van der Waals surface area contributed by atoms with E-state index in [0.29, 0.717) is 25.1 Å². The number of hydrogen-bond acceptors (Lipinski definition) is 7. The van der Waals surface area contributed by atoms with Crippen LogP contribution in [0.4, 0.5) is 10.1 Å². The van der Waals surface area contributed by atoms with E-state index in [1.165, 1.54) is 30.3 Å². The second kappa shape index (κ2) is 12.4. The standard InChI is InChI=1S/C30H32FN3O7S/c1-34-25-12-11-22(16-29(35)32-17-19-6-5-7-21(14-19)39-2)41-27(25)18-40-26-13-10-20(15-23(26)30(34)36)33-42(37,38)28-9-4-3-8-24(28)31/h3-10,13-15,22,25,27,33H,11-12,16-18H2,1-2H3,(H,32,35)/t22-,25-,27+/m0/s1. The Bertz CT molecular complexity index is 1580. The summed E-state index contributed by atoms with van der Waals surface area (Å²) < 4.78 is 59.4. The van der Waals surface area contributed by atoms with Crippen molar-refractivity contribution in [3.8, 4) is 11.5 Å². The van der Waals surface area contributed by atoms with Gasteiger partial charge in [-0.1, -0.05) is 24.3 Å². The zero-order chi connectivity index (χ0) is 29.9. The van der Waals surface area contributed by atoms with Crippen molar-refractivity contribution < 1.29 is 36.6 Å². The number of methoxy groups -OCH3 is 1. The topological polar surface area (TPSA) is 123 Å². The molecule has 3 aromatic rings. The van der Waals surface area contributed by atoms with Gasteiger partial charge in [-0.2, -0.15) is 0 Å². The van der Waals surface area contributed by atoms with Crippen LogP contribution >= 0.6 is 0 Å². The third-order valence-electron chi connectivity index (χ3n) is 7.43. The van der Waals surface area contributed by atoms with Crippen molar-refractivity contribution in [2.75, 3.05) is 25.5 Å². The number of likely N-dealkylation sites (N-methyl/N-ethyl adjacent to an activating group) is 1. The lowest BCUT2D eigenvalue weighted by Crippen LogP contribution is -2.53. The Morgan fingerprint density at radius 3 is 2.69 bits per heavy atom. The first-order valence-electron chi connectivity index (χ1n) is 13.5. The Morgan fingerprint density at radius 1 is 1.10 bits per heavy atom. The lowest BCUT2D eigenvalue weighted by atomic mass is 9.94. The molecule has 2 aliphatic rings. The van der Waals surface area contributed by atoms with Crippen LogP contribution in [0.2, 0.25) is 0 Å². The SMILES string of the molecule is COc1cccc(CNC(=O)C[C@@H]2CC[C@H]3[C@@H](COc4ccc(NS(=O)(=O)c5ccccc5F)cc4C(=O)N3C)O2)c1. The van der Waals surface area contributed by atoms with Crippen molar-refractivity contribution in [3.63, 3.8) is 0 Å². The molecule has 222 valence electrons. The maximum atomic E-state index is 14.1. The van der Waals surface area contributed by atoms with E-state index in [9.17, 15) is 22.4 Å². The monoisotopic (exact) mass is 597 g/mol. The normalized spacial score (nSPS) is 20.3. The molecule has 10 nitrogen and oxygen atoms in total. The van der Waals surface area contributed by atoms with Crippen LogP contribution in [0.15, 0.2) is 71.6 Å². The number of fused-ring (bicyclic) bond motifs is 2. The summed E-state index contributed by atoms with van der Waals surface area (Å²) in [5.74, 6) is -0.418. The van der Waals surface area contributed by atoms with Gasteiger partial charge in [0.15, 0.2) is 0 Å². The summed E-state index contributed by atoms with van der Waals surface area (Å²) in [5, 5.41) is 2.92. The van der Waals surface area contributed by atoms with Crippen LogP contribution in [-0.2, 0) is 26.1 Å². The predicted octanol–water partition coefficient (Wildman–Crippen LogP) is 3.72. The Labute approximate surface area is 243 Å². The number of amides is 2. The van der Waals surface area contributed by atoms with Gasteiger partial charge in [-0.3, -0.25) is 14.3 Å². The van der Waals surface area contributed by atoms with Crippen molar-refractivity contribution in [2.24, 2.45) is 0 Å². The predicted molar refractivity (Wildman–Crippen MR) is 152 cm³/mol. The number of hydrogen-bond donors (Lipinski definition) is 2. The van der Waals surface area contributed by atoms with E-state index in [4.69, 9.17) is 14.2 Å². The molecule has 0 aromatic heterocycles. The summed E-state index contributed by atoms with van der Waals surface area (Å²) in [4.78, 5) is 27.2. The van der Waals surface area contributed by atoms with Crippen molar-refractivity contribution in [1.82, 2.24) is 10.2 Å². The minimum Gasteiger partial charge on any atom is -0.497 e. The molecule has 1 saturated heterocycles. The van der Waals surface area contributed by atoms with Crippen LogP contribution in [0.25, 0.3) is 0 Å². The molecule has 2 amide bonds. The average molecular weight is 598 g/mol. The summed E-state index contributed by atoms with van der Waals surface area (Å²) in [6.45, 7) is 0.502. The molecule has 3 atom stereocenters. The van der Waals surface area contributed by atoms with Crippen molar-refractivity contribution in [2.45, 2.75) is 49.0 Å². The van der Waals surface area contributed by atoms with E-state index >= 15 is 0 Å². The molecule has 12 heteroatoms. The van der Waals surface area contributed by atoms with Gasteiger partial charge < -0.3 is 24.4 Å². The van der Waals surface area contributed by atoms with E-state index in [0.717, 1.165) is 17.7 Å². The number of halogens is 1. The molecule has 2 aliphatic heterocycles. The minimum absolute atomic E-state index is 0.0967. The lowest BCUT2D eigenvalue weighted by Gasteiger charge is -2.42. The molecule has 2 heterocycles. The number of ether oxygens (including phenoxy) is 3. The Morgan fingerprint density at radius 2 is 1.90 bits per heavy atom. The number of carbonyl (C=O) groups excluding carboxylic acids is 2. The molecule has 5 rings (SSSR count). The fourth-order valence-corrected chi connectivity index (χ4v) is 6.36. The van der Waals surface area contributed by atoms with Gasteiger partial charge in [0.25, 0.3) is 15.9 Å². The van der Waals surface area contributed by atoms with E-state index in [-0.39, 0.29) is 54.0 Å². The van der Waals surface area contributed by atoms with E-state index in [2.05, 4.69) is 10.0 Å². The Balaban J connectivity index is 1.23. The van der Waals surface area contributed by atoms with Crippen LogP contribution in [0.5, 0.6) is 11.5 Å². The first-order valence-corrected chi connectivity index (χ1v) is 15.0. The molecule has 0 bridgehead atoms. The molecule has 0 saturated carbocycles. The van der Waals surface area contributed by atoms with Gasteiger partial charge >= 0.3 is 0 Å². The van der Waals surface area contributed by atoms with Gasteiger partial charge in [0.05, 0.1) is 31.2 Å².